The van der Waals surface area contributed by atoms with Crippen molar-refractivity contribution in [2.45, 2.75) is 63.5 Å². The van der Waals surface area contributed by atoms with E-state index in [0.717, 1.165) is 26.0 Å². The van der Waals surface area contributed by atoms with Crippen molar-refractivity contribution in [1.29, 1.82) is 0 Å². The van der Waals surface area contributed by atoms with Gasteiger partial charge < -0.3 is 15.4 Å². The van der Waals surface area contributed by atoms with E-state index in [2.05, 4.69) is 10.6 Å². The molecule has 0 saturated heterocycles. The molecule has 2 fully saturated rings. The van der Waals surface area contributed by atoms with Gasteiger partial charge in [0.2, 0.25) is 5.91 Å². The van der Waals surface area contributed by atoms with Gasteiger partial charge in [-0.05, 0) is 25.7 Å². The molecule has 4 nitrogen and oxygen atoms in total. The zero-order valence-electron chi connectivity index (χ0n) is 11.2. The van der Waals surface area contributed by atoms with E-state index in [-0.39, 0.29) is 5.91 Å². The van der Waals surface area contributed by atoms with Crippen LogP contribution in [0.1, 0.15) is 51.4 Å². The highest BCUT2D eigenvalue weighted by atomic mass is 16.5. The molecule has 0 radical (unpaired) electrons. The number of ether oxygens (including phenoxy) is 1. The Labute approximate surface area is 110 Å². The minimum absolute atomic E-state index is 0.128. The highest BCUT2D eigenvalue weighted by molar-refractivity contribution is 5.78. The van der Waals surface area contributed by atoms with Gasteiger partial charge in [0.25, 0.3) is 0 Å². The van der Waals surface area contributed by atoms with Crippen molar-refractivity contribution in [1.82, 2.24) is 10.6 Å². The maximum Gasteiger partial charge on any atom is 0.234 e. The first-order valence-corrected chi connectivity index (χ1v) is 7.46. The molecule has 0 unspecified atom stereocenters. The molecule has 1 amide bonds. The molecular weight excluding hydrogens is 228 g/mol. The van der Waals surface area contributed by atoms with Gasteiger partial charge in [0.05, 0.1) is 19.3 Å². The average molecular weight is 254 g/mol. The predicted molar refractivity (Wildman–Crippen MR) is 71.5 cm³/mol. The van der Waals surface area contributed by atoms with Crippen molar-refractivity contribution < 1.29 is 9.53 Å². The van der Waals surface area contributed by atoms with E-state index in [9.17, 15) is 4.79 Å². The third kappa shape index (κ3) is 4.94. The largest absolute Gasteiger partial charge is 0.377 e. The summed E-state index contributed by atoms with van der Waals surface area (Å²) in [4.78, 5) is 11.6. The van der Waals surface area contributed by atoms with Crippen molar-refractivity contribution in [3.63, 3.8) is 0 Å². The quantitative estimate of drug-likeness (QED) is 0.678. The molecule has 0 aliphatic heterocycles. The second-order valence-corrected chi connectivity index (χ2v) is 5.50. The van der Waals surface area contributed by atoms with E-state index in [1.54, 1.807) is 0 Å². The first kappa shape index (κ1) is 13.8. The average Bonchev–Trinajstić information content (AvgIpc) is 3.01. The number of nitrogens with one attached hydrogen (secondary N) is 2. The van der Waals surface area contributed by atoms with E-state index in [1.807, 2.05) is 0 Å². The molecule has 2 saturated carbocycles. The molecule has 0 aromatic heterocycles. The summed E-state index contributed by atoms with van der Waals surface area (Å²) in [5.41, 5.74) is 0. The van der Waals surface area contributed by atoms with Crippen LogP contribution >= 0.6 is 0 Å². The number of carbonyl (C=O) groups excluding carboxylic acids is 1. The molecule has 2 rings (SSSR count). The number of amides is 1. The summed E-state index contributed by atoms with van der Waals surface area (Å²) in [7, 11) is 0. The Hall–Kier alpha value is -0.610. The standard InChI is InChI=1S/C14H26N2O2/c17-14(16-12-5-1-2-6-12)11-15-9-10-18-13-7-3-4-8-13/h12-13,15H,1-11H2,(H,16,17). The smallest absolute Gasteiger partial charge is 0.234 e. The van der Waals surface area contributed by atoms with Crippen LogP contribution in [0.5, 0.6) is 0 Å². The molecule has 0 aromatic rings. The first-order chi connectivity index (χ1) is 8.84. The molecule has 2 N–H and O–H groups in total. The highest BCUT2D eigenvalue weighted by Gasteiger charge is 2.17. The lowest BCUT2D eigenvalue weighted by Gasteiger charge is -2.13. The van der Waals surface area contributed by atoms with Gasteiger partial charge in [-0.25, -0.2) is 0 Å². The minimum Gasteiger partial charge on any atom is -0.377 e. The number of hydrogen-bond acceptors (Lipinski definition) is 3. The van der Waals surface area contributed by atoms with Crippen LogP contribution in [0.4, 0.5) is 0 Å². The lowest BCUT2D eigenvalue weighted by molar-refractivity contribution is -0.120. The Kier molecular flexibility index (Phi) is 5.94. The molecule has 2 aliphatic rings. The Morgan fingerprint density at radius 2 is 1.72 bits per heavy atom. The van der Waals surface area contributed by atoms with Crippen molar-refractivity contribution >= 4 is 5.91 Å². The summed E-state index contributed by atoms with van der Waals surface area (Å²) < 4.78 is 5.72. The van der Waals surface area contributed by atoms with Crippen LogP contribution in [0.3, 0.4) is 0 Å². The topological polar surface area (TPSA) is 50.4 Å². The summed E-state index contributed by atoms with van der Waals surface area (Å²) in [5.74, 6) is 0.128. The Morgan fingerprint density at radius 3 is 2.44 bits per heavy atom. The fourth-order valence-electron chi connectivity index (χ4n) is 2.90. The van der Waals surface area contributed by atoms with Gasteiger partial charge in [0.15, 0.2) is 0 Å². The maximum absolute atomic E-state index is 11.6. The van der Waals surface area contributed by atoms with Gasteiger partial charge in [-0.15, -0.1) is 0 Å². The van der Waals surface area contributed by atoms with Gasteiger partial charge in [-0.1, -0.05) is 25.7 Å². The third-order valence-corrected chi connectivity index (χ3v) is 3.94. The first-order valence-electron chi connectivity index (χ1n) is 7.46. The monoisotopic (exact) mass is 254 g/mol. The second kappa shape index (κ2) is 7.74. The normalized spacial score (nSPS) is 21.6. The fourth-order valence-corrected chi connectivity index (χ4v) is 2.90. The lowest BCUT2D eigenvalue weighted by atomic mass is 10.2. The van der Waals surface area contributed by atoms with Crippen molar-refractivity contribution in [2.24, 2.45) is 0 Å². The summed E-state index contributed by atoms with van der Waals surface area (Å²) >= 11 is 0. The van der Waals surface area contributed by atoms with E-state index in [1.165, 1.54) is 38.5 Å². The fraction of sp³-hybridized carbons (Fsp3) is 0.929. The zero-order valence-corrected chi connectivity index (χ0v) is 11.2. The highest BCUT2D eigenvalue weighted by Crippen LogP contribution is 2.20. The van der Waals surface area contributed by atoms with E-state index in [0.29, 0.717) is 18.7 Å². The Bertz CT molecular complexity index is 246. The van der Waals surface area contributed by atoms with Gasteiger partial charge >= 0.3 is 0 Å². The number of rotatable bonds is 7. The number of hydrogen-bond donors (Lipinski definition) is 2. The van der Waals surface area contributed by atoms with Crippen LogP contribution in [-0.2, 0) is 9.53 Å². The van der Waals surface area contributed by atoms with Crippen LogP contribution in [0.15, 0.2) is 0 Å². The minimum atomic E-state index is 0.128. The molecule has 104 valence electrons. The zero-order chi connectivity index (χ0) is 12.6. The molecule has 18 heavy (non-hydrogen) atoms. The molecule has 2 aliphatic carbocycles. The van der Waals surface area contributed by atoms with Gasteiger partial charge in [-0.2, -0.15) is 0 Å². The third-order valence-electron chi connectivity index (χ3n) is 3.94. The molecule has 0 aromatic carbocycles. The molecule has 4 heteroatoms. The van der Waals surface area contributed by atoms with Crippen LogP contribution in [-0.4, -0.2) is 37.7 Å². The molecule has 0 atom stereocenters. The summed E-state index contributed by atoms with van der Waals surface area (Å²) in [6.07, 6.45) is 10.3. The Morgan fingerprint density at radius 1 is 1.06 bits per heavy atom. The van der Waals surface area contributed by atoms with Gasteiger partial charge in [0, 0.05) is 12.6 Å². The van der Waals surface area contributed by atoms with E-state index in [4.69, 9.17) is 4.74 Å². The second-order valence-electron chi connectivity index (χ2n) is 5.50. The predicted octanol–water partition coefficient (Wildman–Crippen LogP) is 1.59. The van der Waals surface area contributed by atoms with Crippen LogP contribution in [0, 0.1) is 0 Å². The van der Waals surface area contributed by atoms with Crippen molar-refractivity contribution in [3.05, 3.63) is 0 Å². The van der Waals surface area contributed by atoms with Gasteiger partial charge in [-0.3, -0.25) is 4.79 Å². The van der Waals surface area contributed by atoms with E-state index < -0.39 is 0 Å². The summed E-state index contributed by atoms with van der Waals surface area (Å²) in [5, 5.41) is 6.21. The molecule has 0 heterocycles. The van der Waals surface area contributed by atoms with Crippen LogP contribution < -0.4 is 10.6 Å². The van der Waals surface area contributed by atoms with Crippen LogP contribution in [0.25, 0.3) is 0 Å². The molecule has 0 bridgehead atoms. The lowest BCUT2D eigenvalue weighted by Crippen LogP contribution is -2.40. The SMILES string of the molecule is O=C(CNCCOC1CCCC1)NC1CCCC1. The molecular formula is C14H26N2O2. The summed E-state index contributed by atoms with van der Waals surface area (Å²) in [6.45, 7) is 1.92. The maximum atomic E-state index is 11.6. The number of carbonyl (C=O) groups is 1. The van der Waals surface area contributed by atoms with E-state index >= 15 is 0 Å². The van der Waals surface area contributed by atoms with Crippen LogP contribution in [0.2, 0.25) is 0 Å². The van der Waals surface area contributed by atoms with Crippen molar-refractivity contribution in [3.8, 4) is 0 Å². The van der Waals surface area contributed by atoms with Gasteiger partial charge in [0.1, 0.15) is 0 Å². The van der Waals surface area contributed by atoms with Crippen molar-refractivity contribution in [2.75, 3.05) is 19.7 Å². The summed E-state index contributed by atoms with van der Waals surface area (Å²) in [6, 6.07) is 0.425. The Balaban J connectivity index is 1.43. The molecule has 0 spiro atoms.